The van der Waals surface area contributed by atoms with Crippen molar-refractivity contribution in [2.45, 2.75) is 77.2 Å². The maximum Gasteiger partial charge on any atom is 0.270 e. The summed E-state index contributed by atoms with van der Waals surface area (Å²) in [4.78, 5) is 38.9. The monoisotopic (exact) mass is 622 g/mol. The number of pyridine rings is 1. The Kier molecular flexibility index (Phi) is 9.70. The number of nitrogens with one attached hydrogen (secondary N) is 2. The lowest BCUT2D eigenvalue weighted by Gasteiger charge is -2.46. The van der Waals surface area contributed by atoms with Crippen LogP contribution in [0.1, 0.15) is 62.2 Å². The van der Waals surface area contributed by atoms with E-state index in [4.69, 9.17) is 14.5 Å². The van der Waals surface area contributed by atoms with Gasteiger partial charge in [-0.25, -0.2) is 9.37 Å². The molecule has 0 radical (unpaired) electrons. The van der Waals surface area contributed by atoms with E-state index in [-0.39, 0.29) is 54.6 Å². The summed E-state index contributed by atoms with van der Waals surface area (Å²) in [6.07, 6.45) is 2.61. The van der Waals surface area contributed by atoms with Crippen LogP contribution >= 0.6 is 0 Å². The number of benzene rings is 1. The number of halogens is 1. The molecular formula is C34H47FN6O4. The summed E-state index contributed by atoms with van der Waals surface area (Å²) in [5.41, 5.74) is 2.38. The molecule has 1 saturated carbocycles. The van der Waals surface area contributed by atoms with E-state index in [1.807, 2.05) is 13.0 Å². The fourth-order valence-electron chi connectivity index (χ4n) is 6.79. The van der Waals surface area contributed by atoms with Crippen molar-refractivity contribution in [2.24, 2.45) is 5.92 Å². The van der Waals surface area contributed by atoms with Crippen LogP contribution in [0.3, 0.4) is 0 Å². The van der Waals surface area contributed by atoms with Gasteiger partial charge in [-0.1, -0.05) is 12.1 Å². The number of piperazine rings is 1. The van der Waals surface area contributed by atoms with Crippen LogP contribution in [0.5, 0.6) is 5.88 Å². The molecule has 244 valence electrons. The van der Waals surface area contributed by atoms with Crippen molar-refractivity contribution in [1.29, 1.82) is 0 Å². The molecule has 11 heteroatoms. The van der Waals surface area contributed by atoms with Crippen molar-refractivity contribution in [1.82, 2.24) is 25.4 Å². The Hall–Kier alpha value is -3.12. The summed E-state index contributed by atoms with van der Waals surface area (Å²) in [7, 11) is 0. The molecule has 4 heterocycles. The molecule has 2 amide bonds. The normalized spacial score (nSPS) is 27.5. The topological polar surface area (TPSA) is 99.3 Å². The number of fused-ring (bicyclic) bond motifs is 1. The van der Waals surface area contributed by atoms with Gasteiger partial charge >= 0.3 is 0 Å². The first-order valence-electron chi connectivity index (χ1n) is 16.5. The maximum absolute atomic E-state index is 14.2. The second-order valence-corrected chi connectivity index (χ2v) is 13.5. The van der Waals surface area contributed by atoms with Gasteiger partial charge in [0.1, 0.15) is 23.8 Å². The molecule has 3 fully saturated rings. The van der Waals surface area contributed by atoms with Crippen LogP contribution in [-0.4, -0.2) is 109 Å². The lowest BCUT2D eigenvalue weighted by atomic mass is 10.0. The third-order valence-electron chi connectivity index (χ3n) is 9.59. The SMILES string of the molecule is CC1COC[C@@H](C)N1C[C@H]1CN[C@H](C)CN1CC(=O)N1c2cc(Cc3ccc(F)cc3)c(C(=O)NCC3CC3)nc2OC[C@@H]1C. The molecule has 0 spiro atoms. The fraction of sp³-hybridized carbons (Fsp3) is 0.618. The van der Waals surface area contributed by atoms with E-state index in [0.717, 1.165) is 51.3 Å². The average molecular weight is 623 g/mol. The lowest BCUT2D eigenvalue weighted by molar-refractivity contribution is -0.122. The van der Waals surface area contributed by atoms with Crippen LogP contribution in [0.4, 0.5) is 10.1 Å². The van der Waals surface area contributed by atoms with Crippen LogP contribution < -0.4 is 20.3 Å². The Bertz CT molecular complexity index is 1360. The van der Waals surface area contributed by atoms with Crippen LogP contribution in [0.25, 0.3) is 0 Å². The van der Waals surface area contributed by atoms with Gasteiger partial charge in [-0.2, -0.15) is 0 Å². The first-order chi connectivity index (χ1) is 21.7. The Morgan fingerprint density at radius 2 is 1.78 bits per heavy atom. The van der Waals surface area contributed by atoms with E-state index in [9.17, 15) is 14.0 Å². The summed E-state index contributed by atoms with van der Waals surface area (Å²) in [6, 6.07) is 9.00. The Labute approximate surface area is 265 Å². The molecule has 2 N–H and O–H groups in total. The van der Waals surface area contributed by atoms with Crippen LogP contribution in [0.2, 0.25) is 0 Å². The number of carbonyl (C=O) groups excluding carboxylic acids is 2. The number of carbonyl (C=O) groups is 2. The van der Waals surface area contributed by atoms with Crippen molar-refractivity contribution >= 4 is 17.5 Å². The number of hydrogen-bond acceptors (Lipinski definition) is 8. The van der Waals surface area contributed by atoms with E-state index in [1.165, 1.54) is 12.1 Å². The first-order valence-corrected chi connectivity index (χ1v) is 16.5. The number of ether oxygens (including phenoxy) is 2. The number of aromatic nitrogens is 1. The quantitative estimate of drug-likeness (QED) is 0.441. The van der Waals surface area contributed by atoms with Crippen molar-refractivity contribution in [3.8, 4) is 5.88 Å². The summed E-state index contributed by atoms with van der Waals surface area (Å²) in [5, 5.41) is 6.64. The molecule has 6 rings (SSSR count). The molecular weight excluding hydrogens is 575 g/mol. The number of morpholine rings is 1. The molecule has 3 aliphatic heterocycles. The maximum atomic E-state index is 14.2. The van der Waals surface area contributed by atoms with E-state index in [0.29, 0.717) is 48.1 Å². The number of amides is 2. The van der Waals surface area contributed by atoms with Crippen molar-refractivity contribution < 1.29 is 23.5 Å². The Balaban J connectivity index is 1.26. The minimum absolute atomic E-state index is 0.0188. The van der Waals surface area contributed by atoms with E-state index < -0.39 is 0 Å². The summed E-state index contributed by atoms with van der Waals surface area (Å²) >= 11 is 0. The zero-order valence-corrected chi connectivity index (χ0v) is 26.9. The zero-order valence-electron chi connectivity index (χ0n) is 26.9. The molecule has 1 unspecified atom stereocenters. The molecule has 5 atom stereocenters. The zero-order chi connectivity index (χ0) is 31.7. The van der Waals surface area contributed by atoms with Crippen LogP contribution in [0.15, 0.2) is 30.3 Å². The van der Waals surface area contributed by atoms with E-state index in [1.54, 1.807) is 17.0 Å². The Morgan fingerprint density at radius 3 is 2.49 bits per heavy atom. The van der Waals surface area contributed by atoms with Gasteiger partial charge in [-0.15, -0.1) is 0 Å². The molecule has 1 aromatic carbocycles. The summed E-state index contributed by atoms with van der Waals surface area (Å²) < 4.78 is 25.5. The highest BCUT2D eigenvalue weighted by atomic mass is 19.1. The van der Waals surface area contributed by atoms with Gasteiger partial charge in [0.15, 0.2) is 0 Å². The fourth-order valence-corrected chi connectivity index (χ4v) is 6.79. The predicted octanol–water partition coefficient (Wildman–Crippen LogP) is 2.84. The molecule has 45 heavy (non-hydrogen) atoms. The molecule has 2 aromatic rings. The number of hydrogen-bond donors (Lipinski definition) is 2. The highest BCUT2D eigenvalue weighted by Gasteiger charge is 2.37. The third-order valence-corrected chi connectivity index (χ3v) is 9.59. The molecule has 0 bridgehead atoms. The minimum atomic E-state index is -0.318. The van der Waals surface area contributed by atoms with Gasteiger partial charge < -0.3 is 25.0 Å². The minimum Gasteiger partial charge on any atom is -0.474 e. The van der Waals surface area contributed by atoms with Gasteiger partial charge in [0.05, 0.1) is 25.8 Å². The van der Waals surface area contributed by atoms with Crippen molar-refractivity contribution in [3.63, 3.8) is 0 Å². The second-order valence-electron chi connectivity index (χ2n) is 13.5. The molecule has 2 saturated heterocycles. The van der Waals surface area contributed by atoms with Gasteiger partial charge in [0.25, 0.3) is 5.91 Å². The highest BCUT2D eigenvalue weighted by molar-refractivity contribution is 5.99. The number of rotatable bonds is 9. The van der Waals surface area contributed by atoms with Crippen LogP contribution in [0, 0.1) is 11.7 Å². The van der Waals surface area contributed by atoms with E-state index in [2.05, 4.69) is 41.2 Å². The molecule has 1 aromatic heterocycles. The third kappa shape index (κ3) is 7.48. The average Bonchev–Trinajstić information content (AvgIpc) is 3.84. The molecule has 10 nitrogen and oxygen atoms in total. The Morgan fingerprint density at radius 1 is 1.04 bits per heavy atom. The van der Waals surface area contributed by atoms with Gasteiger partial charge in [0, 0.05) is 50.3 Å². The second kappa shape index (κ2) is 13.7. The van der Waals surface area contributed by atoms with Crippen molar-refractivity contribution in [3.05, 3.63) is 53.0 Å². The van der Waals surface area contributed by atoms with Crippen LogP contribution in [-0.2, 0) is 16.0 Å². The predicted molar refractivity (Wildman–Crippen MR) is 170 cm³/mol. The van der Waals surface area contributed by atoms with Gasteiger partial charge in [-0.05, 0) is 82.2 Å². The van der Waals surface area contributed by atoms with Gasteiger partial charge in [-0.3, -0.25) is 19.4 Å². The van der Waals surface area contributed by atoms with E-state index >= 15 is 0 Å². The first kappa shape index (κ1) is 31.8. The number of nitrogens with zero attached hydrogens (tertiary/aromatic N) is 4. The van der Waals surface area contributed by atoms with Crippen molar-refractivity contribution in [2.75, 3.05) is 57.4 Å². The highest BCUT2D eigenvalue weighted by Crippen LogP contribution is 2.36. The smallest absolute Gasteiger partial charge is 0.270 e. The van der Waals surface area contributed by atoms with Gasteiger partial charge in [0.2, 0.25) is 11.8 Å². The molecule has 1 aliphatic carbocycles. The lowest BCUT2D eigenvalue weighted by Crippen LogP contribution is -2.63. The summed E-state index contributed by atoms with van der Waals surface area (Å²) in [5.74, 6) is 0.216. The largest absolute Gasteiger partial charge is 0.474 e. The summed E-state index contributed by atoms with van der Waals surface area (Å²) in [6.45, 7) is 13.6. The standard InChI is InChI=1S/C34H47FN6O4/c1-21-15-39(29(14-36-21)16-40-22(2)18-44-19-23(40)3)17-31(42)41-24(4)20-45-34-30(41)12-27(11-25-7-9-28(35)10-8-25)32(38-34)33(43)37-13-26-5-6-26/h7-10,12,21-24,26,29,36H,5-6,11,13-20H2,1-4H3,(H,37,43)/t21-,22-,23?,24+,29-/m1/s1. The number of anilines is 1. The molecule has 4 aliphatic rings.